The van der Waals surface area contributed by atoms with Crippen molar-refractivity contribution >= 4 is 53.9 Å². The molecular formula is C55H90N6O13. The molecule has 0 saturated carbocycles. The maximum Gasteiger partial charge on any atom is 0.437 e. The second-order valence-electron chi connectivity index (χ2n) is 24.2. The zero-order valence-corrected chi connectivity index (χ0v) is 48.1. The topological polar surface area (TPSA) is 214 Å². The first-order valence-electron chi connectivity index (χ1n) is 26.0. The van der Waals surface area contributed by atoms with Gasteiger partial charge in [0, 0.05) is 30.9 Å². The third-order valence-corrected chi connectivity index (χ3v) is 9.67. The molecule has 0 unspecified atom stereocenters. The molecule has 74 heavy (non-hydrogen) atoms. The number of unbranched alkanes of at least 4 members (excludes halogenated alkanes) is 7. The molecule has 0 aliphatic carbocycles. The molecule has 0 atom stereocenters. The fraction of sp³-hybridized carbons (Fsp3) is 0.727. The number of carbonyl (C=O) groups is 6. The number of amides is 5. The standard InChI is InChI=1S/C55H90N6O13/c1-50(2,3)69-42(62)38-40(57-45(63)70-51(4,5)6)28-25-23-21-19-20-22-24-26-34-60(48(66)73-54(13,14)15)44(58-46(64)71-52(7,8)9)61(49(67)74-55(16,17)18)36-37-68-41-31-29-39(30-32-41)43-56-33-27-35-59(43)47(65)72-53(10,11)12/h29-32H,19-28,33-38H2,1-18H3. The summed E-state index contributed by atoms with van der Waals surface area (Å²) in [6, 6.07) is 6.99. The van der Waals surface area contributed by atoms with Crippen molar-refractivity contribution in [2.45, 2.75) is 229 Å². The first-order valence-corrected chi connectivity index (χ1v) is 26.0. The number of hydrogen-bond acceptors (Lipinski definition) is 14. The lowest BCUT2D eigenvalue weighted by atomic mass is 10.0. The van der Waals surface area contributed by atoms with Gasteiger partial charge in [0.05, 0.1) is 13.0 Å². The summed E-state index contributed by atoms with van der Waals surface area (Å²) in [5.74, 6) is 0.116. The maximum atomic E-state index is 14.2. The summed E-state index contributed by atoms with van der Waals surface area (Å²) in [4.78, 5) is 96.9. The van der Waals surface area contributed by atoms with Gasteiger partial charge in [0.1, 0.15) is 51.8 Å². The zero-order valence-electron chi connectivity index (χ0n) is 48.1. The predicted octanol–water partition coefficient (Wildman–Crippen LogP) is 12.8. The van der Waals surface area contributed by atoms with E-state index in [9.17, 15) is 28.8 Å². The molecule has 0 aromatic heterocycles. The number of nitrogens with zero attached hydrogens (tertiary/aromatic N) is 6. The third kappa shape index (κ3) is 28.1. The Morgan fingerprint density at radius 3 is 1.47 bits per heavy atom. The van der Waals surface area contributed by atoms with E-state index in [4.69, 9.17) is 33.2 Å². The smallest absolute Gasteiger partial charge is 0.437 e. The zero-order chi connectivity index (χ0) is 56.3. The number of amidine groups is 1. The van der Waals surface area contributed by atoms with Gasteiger partial charge in [0.2, 0.25) is 5.96 Å². The fourth-order valence-corrected chi connectivity index (χ4v) is 6.92. The van der Waals surface area contributed by atoms with Crippen molar-refractivity contribution in [3.63, 3.8) is 0 Å². The lowest BCUT2D eigenvalue weighted by Crippen LogP contribution is -2.53. The molecule has 5 amide bonds. The van der Waals surface area contributed by atoms with Gasteiger partial charge in [-0.05, 0) is 175 Å². The van der Waals surface area contributed by atoms with E-state index in [2.05, 4.69) is 15.0 Å². The monoisotopic (exact) mass is 1040 g/mol. The first kappa shape index (κ1) is 64.4. The summed E-state index contributed by atoms with van der Waals surface area (Å²) in [6.45, 7) is 32.0. The Kier molecular flexibility index (Phi) is 24.6. The van der Waals surface area contributed by atoms with E-state index in [1.807, 2.05) is 20.8 Å². The van der Waals surface area contributed by atoms with E-state index in [0.29, 0.717) is 68.1 Å². The van der Waals surface area contributed by atoms with Crippen LogP contribution in [0.25, 0.3) is 0 Å². The Hall–Kier alpha value is -5.75. The predicted molar refractivity (Wildman–Crippen MR) is 286 cm³/mol. The van der Waals surface area contributed by atoms with E-state index in [-0.39, 0.29) is 32.1 Å². The van der Waals surface area contributed by atoms with Crippen LogP contribution in [0.15, 0.2) is 39.2 Å². The average Bonchev–Trinajstić information content (AvgIpc) is 3.20. The van der Waals surface area contributed by atoms with E-state index in [0.717, 1.165) is 37.0 Å². The normalized spacial score (nSPS) is 14.1. The van der Waals surface area contributed by atoms with Gasteiger partial charge in [0.15, 0.2) is 0 Å². The summed E-state index contributed by atoms with van der Waals surface area (Å²) in [6.07, 6.45) is 3.30. The SMILES string of the molecule is CC(C)(C)OC(=O)CC(CCCCCCCCCCN(C(=O)OC(C)(C)C)C(=NC(=O)OC(C)(C)C)N(CCOc1ccc(C2=NCCCN2C(=O)OC(C)(C)C)cc1)C(=O)OC(C)(C)C)=NC(=O)OC(C)(C)C. The number of aliphatic imine (C=N–C) groups is 3. The molecule has 1 heterocycles. The summed E-state index contributed by atoms with van der Waals surface area (Å²) >= 11 is 0. The lowest BCUT2D eigenvalue weighted by Gasteiger charge is -2.34. The largest absolute Gasteiger partial charge is 0.492 e. The minimum absolute atomic E-state index is 0.0275. The number of esters is 1. The number of hydrogen-bond donors (Lipinski definition) is 0. The molecule has 1 aromatic carbocycles. The van der Waals surface area contributed by atoms with Crippen molar-refractivity contribution in [3.05, 3.63) is 29.8 Å². The van der Waals surface area contributed by atoms with E-state index in [1.165, 1.54) is 9.80 Å². The number of rotatable bonds is 18. The van der Waals surface area contributed by atoms with Crippen LogP contribution in [-0.2, 0) is 33.2 Å². The molecular weight excluding hydrogens is 953 g/mol. The summed E-state index contributed by atoms with van der Waals surface area (Å²) in [7, 11) is 0. The van der Waals surface area contributed by atoms with Crippen LogP contribution in [0.5, 0.6) is 5.75 Å². The molecule has 1 aliphatic rings. The van der Waals surface area contributed by atoms with Crippen LogP contribution < -0.4 is 4.74 Å². The second-order valence-corrected chi connectivity index (χ2v) is 24.2. The highest BCUT2D eigenvalue weighted by Crippen LogP contribution is 2.23. The molecule has 0 saturated heterocycles. The molecule has 418 valence electrons. The van der Waals surface area contributed by atoms with Crippen molar-refractivity contribution in [3.8, 4) is 5.75 Å². The van der Waals surface area contributed by atoms with Crippen molar-refractivity contribution in [2.75, 3.05) is 32.8 Å². The Morgan fingerprint density at radius 2 is 0.986 bits per heavy atom. The number of ether oxygens (including phenoxy) is 7. The summed E-state index contributed by atoms with van der Waals surface area (Å²) in [5.41, 5.74) is -3.87. The van der Waals surface area contributed by atoms with Gasteiger partial charge in [-0.2, -0.15) is 4.99 Å². The van der Waals surface area contributed by atoms with Gasteiger partial charge in [-0.1, -0.05) is 38.5 Å². The highest BCUT2D eigenvalue weighted by molar-refractivity contribution is 6.07. The minimum atomic E-state index is -1.04. The molecule has 0 radical (unpaired) electrons. The number of guanidine groups is 1. The van der Waals surface area contributed by atoms with E-state index >= 15 is 0 Å². The van der Waals surface area contributed by atoms with Crippen LogP contribution in [0.2, 0.25) is 0 Å². The van der Waals surface area contributed by atoms with E-state index in [1.54, 1.807) is 128 Å². The van der Waals surface area contributed by atoms with Gasteiger partial charge in [-0.15, -0.1) is 4.99 Å². The molecule has 19 nitrogen and oxygen atoms in total. The average molecular weight is 1040 g/mol. The Morgan fingerprint density at radius 1 is 0.541 bits per heavy atom. The van der Waals surface area contributed by atoms with Crippen molar-refractivity contribution in [2.24, 2.45) is 15.0 Å². The van der Waals surface area contributed by atoms with Crippen LogP contribution in [-0.4, -0.2) is 135 Å². The molecule has 1 aliphatic heterocycles. The molecule has 1 aromatic rings. The van der Waals surface area contributed by atoms with Gasteiger partial charge >= 0.3 is 36.4 Å². The minimum Gasteiger partial charge on any atom is -0.492 e. The van der Waals surface area contributed by atoms with Crippen molar-refractivity contribution in [1.29, 1.82) is 0 Å². The highest BCUT2D eigenvalue weighted by Gasteiger charge is 2.36. The molecule has 0 N–H and O–H groups in total. The second kappa shape index (κ2) is 28.2. The third-order valence-electron chi connectivity index (χ3n) is 9.67. The fourth-order valence-electron chi connectivity index (χ4n) is 6.92. The number of benzene rings is 1. The van der Waals surface area contributed by atoms with E-state index < -0.39 is 70.0 Å². The molecule has 0 spiro atoms. The Labute approximate surface area is 441 Å². The van der Waals surface area contributed by atoms with Crippen molar-refractivity contribution in [1.82, 2.24) is 14.7 Å². The highest BCUT2D eigenvalue weighted by atomic mass is 16.6. The molecule has 0 bridgehead atoms. The summed E-state index contributed by atoms with van der Waals surface area (Å²) in [5, 5.41) is 0. The maximum absolute atomic E-state index is 14.2. The van der Waals surface area contributed by atoms with Gasteiger partial charge in [-0.3, -0.25) is 14.7 Å². The van der Waals surface area contributed by atoms with Crippen LogP contribution in [0.1, 0.15) is 201 Å². The first-order chi connectivity index (χ1) is 33.9. The van der Waals surface area contributed by atoms with Gasteiger partial charge < -0.3 is 33.2 Å². The molecule has 2 rings (SSSR count). The Bertz CT molecular complexity index is 2110. The van der Waals surface area contributed by atoms with Crippen LogP contribution in [0, 0.1) is 0 Å². The lowest BCUT2D eigenvalue weighted by molar-refractivity contribution is -0.153. The van der Waals surface area contributed by atoms with Gasteiger partial charge in [-0.25, -0.2) is 33.8 Å². The Balaban J connectivity index is 2.30. The molecule has 19 heteroatoms. The van der Waals surface area contributed by atoms with Crippen molar-refractivity contribution < 1.29 is 61.9 Å². The van der Waals surface area contributed by atoms with Crippen LogP contribution >= 0.6 is 0 Å². The number of carbonyl (C=O) groups excluding carboxylic acids is 6. The van der Waals surface area contributed by atoms with Crippen LogP contribution in [0.3, 0.4) is 0 Å². The summed E-state index contributed by atoms with van der Waals surface area (Å²) < 4.78 is 39.9. The van der Waals surface area contributed by atoms with Crippen LogP contribution in [0.4, 0.5) is 24.0 Å². The molecule has 0 fully saturated rings. The van der Waals surface area contributed by atoms with Gasteiger partial charge in [0.25, 0.3) is 0 Å². The quantitative estimate of drug-likeness (QED) is 0.0440.